The fraction of sp³-hybridized carbons (Fsp3) is 0.857. The first-order valence-electron chi connectivity index (χ1n) is 6.43. The van der Waals surface area contributed by atoms with Gasteiger partial charge in [0, 0.05) is 5.54 Å². The summed E-state index contributed by atoms with van der Waals surface area (Å²) in [7, 11) is 0. The third-order valence-corrected chi connectivity index (χ3v) is 5.13. The quantitative estimate of drug-likeness (QED) is 0.606. The van der Waals surface area contributed by atoms with Crippen LogP contribution in [0.25, 0.3) is 0 Å². The van der Waals surface area contributed by atoms with E-state index in [9.17, 15) is 0 Å². The summed E-state index contributed by atoms with van der Waals surface area (Å²) in [4.78, 5) is 0. The van der Waals surface area contributed by atoms with Crippen LogP contribution < -0.4 is 5.73 Å². The molecule has 0 aromatic carbocycles. The number of allylic oxidation sites excluding steroid dienone is 1. The second-order valence-corrected chi connectivity index (χ2v) is 6.12. The zero-order chi connectivity index (χ0) is 11.2. The van der Waals surface area contributed by atoms with E-state index >= 15 is 0 Å². The molecule has 6 atom stereocenters. The molecular weight excluding hydrogens is 182 g/mol. The molecule has 2 N–H and O–H groups in total. The average molecular weight is 207 g/mol. The molecular formula is C14H25N. The van der Waals surface area contributed by atoms with Crippen molar-refractivity contribution >= 4 is 0 Å². The smallest absolute Gasteiger partial charge is 0.0275 e. The van der Waals surface area contributed by atoms with E-state index in [1.807, 2.05) is 0 Å². The van der Waals surface area contributed by atoms with Gasteiger partial charge in [-0.2, -0.15) is 0 Å². The third kappa shape index (κ3) is 1.56. The highest BCUT2D eigenvalue weighted by Gasteiger charge is 2.49. The number of hydrogen-bond acceptors (Lipinski definition) is 1. The minimum absolute atomic E-state index is 0.0562. The van der Waals surface area contributed by atoms with Crippen molar-refractivity contribution < 1.29 is 0 Å². The first-order valence-corrected chi connectivity index (χ1v) is 6.43. The Labute approximate surface area is 94.1 Å². The first kappa shape index (κ1) is 11.2. The van der Waals surface area contributed by atoms with Crippen LogP contribution in [0.5, 0.6) is 0 Å². The molecule has 0 heterocycles. The van der Waals surface area contributed by atoms with Crippen LogP contribution in [-0.2, 0) is 0 Å². The highest BCUT2D eigenvalue weighted by atomic mass is 14.8. The van der Waals surface area contributed by atoms with Crippen LogP contribution in [0.1, 0.15) is 40.5 Å². The van der Waals surface area contributed by atoms with Crippen molar-refractivity contribution in [1.82, 2.24) is 0 Å². The van der Waals surface area contributed by atoms with Crippen LogP contribution >= 0.6 is 0 Å². The van der Waals surface area contributed by atoms with Crippen LogP contribution in [0.2, 0.25) is 0 Å². The van der Waals surface area contributed by atoms with Gasteiger partial charge in [-0.3, -0.25) is 0 Å². The molecule has 1 saturated carbocycles. The summed E-state index contributed by atoms with van der Waals surface area (Å²) < 4.78 is 0. The standard InChI is InChI=1S/C14H25N/c1-9-7-11(3)14(15)12(4)10(2)5-6-13(14)8-9/h5-6,9-13H,7-8,15H2,1-4H3. The Bertz CT molecular complexity index is 271. The Morgan fingerprint density at radius 1 is 1.07 bits per heavy atom. The lowest BCUT2D eigenvalue weighted by molar-refractivity contribution is 0.0425. The van der Waals surface area contributed by atoms with Gasteiger partial charge in [-0.05, 0) is 42.4 Å². The molecule has 2 aliphatic carbocycles. The van der Waals surface area contributed by atoms with Gasteiger partial charge in [0.05, 0.1) is 0 Å². The lowest BCUT2D eigenvalue weighted by Gasteiger charge is -2.54. The van der Waals surface area contributed by atoms with Crippen molar-refractivity contribution in [3.8, 4) is 0 Å². The molecule has 0 amide bonds. The van der Waals surface area contributed by atoms with Crippen molar-refractivity contribution in [2.45, 2.75) is 46.1 Å². The van der Waals surface area contributed by atoms with E-state index in [0.717, 1.165) is 5.92 Å². The van der Waals surface area contributed by atoms with E-state index in [4.69, 9.17) is 5.73 Å². The summed E-state index contributed by atoms with van der Waals surface area (Å²) in [6, 6.07) is 0. The molecule has 1 heteroatoms. The summed E-state index contributed by atoms with van der Waals surface area (Å²) in [5.41, 5.74) is 6.81. The van der Waals surface area contributed by atoms with Gasteiger partial charge in [0.2, 0.25) is 0 Å². The molecule has 15 heavy (non-hydrogen) atoms. The van der Waals surface area contributed by atoms with E-state index in [0.29, 0.717) is 23.7 Å². The Balaban J connectivity index is 2.33. The zero-order valence-corrected chi connectivity index (χ0v) is 10.5. The van der Waals surface area contributed by atoms with Crippen molar-refractivity contribution in [3.05, 3.63) is 12.2 Å². The molecule has 6 unspecified atom stereocenters. The van der Waals surface area contributed by atoms with Crippen LogP contribution in [0.3, 0.4) is 0 Å². The molecule has 0 aliphatic heterocycles. The van der Waals surface area contributed by atoms with E-state index < -0.39 is 0 Å². The average Bonchev–Trinajstić information content (AvgIpc) is 2.17. The lowest BCUT2D eigenvalue weighted by Crippen LogP contribution is -2.62. The number of nitrogens with two attached hydrogens (primary N) is 1. The molecule has 2 aliphatic rings. The van der Waals surface area contributed by atoms with E-state index in [1.54, 1.807) is 0 Å². The molecule has 1 fully saturated rings. The predicted molar refractivity (Wildman–Crippen MR) is 65.4 cm³/mol. The molecule has 0 saturated heterocycles. The normalized spacial score (nSPS) is 55.1. The Morgan fingerprint density at radius 2 is 1.73 bits per heavy atom. The maximum Gasteiger partial charge on any atom is 0.0275 e. The molecule has 86 valence electrons. The fourth-order valence-corrected chi connectivity index (χ4v) is 3.87. The summed E-state index contributed by atoms with van der Waals surface area (Å²) in [6.45, 7) is 9.36. The second-order valence-electron chi connectivity index (χ2n) is 6.12. The topological polar surface area (TPSA) is 26.0 Å². The maximum absolute atomic E-state index is 6.75. The van der Waals surface area contributed by atoms with Crippen molar-refractivity contribution in [2.24, 2.45) is 35.3 Å². The third-order valence-electron chi connectivity index (χ3n) is 5.13. The van der Waals surface area contributed by atoms with Crippen molar-refractivity contribution in [2.75, 3.05) is 0 Å². The van der Waals surface area contributed by atoms with Crippen LogP contribution in [0.4, 0.5) is 0 Å². The van der Waals surface area contributed by atoms with Gasteiger partial charge >= 0.3 is 0 Å². The van der Waals surface area contributed by atoms with Crippen molar-refractivity contribution in [3.63, 3.8) is 0 Å². The molecule has 0 aromatic heterocycles. The second kappa shape index (κ2) is 3.62. The fourth-order valence-electron chi connectivity index (χ4n) is 3.87. The van der Waals surface area contributed by atoms with Gasteiger partial charge in [-0.25, -0.2) is 0 Å². The number of hydrogen-bond donors (Lipinski definition) is 1. The summed E-state index contributed by atoms with van der Waals surface area (Å²) in [5.74, 6) is 3.38. The summed E-state index contributed by atoms with van der Waals surface area (Å²) in [5, 5.41) is 0. The minimum Gasteiger partial charge on any atom is -0.324 e. The molecule has 2 rings (SSSR count). The largest absolute Gasteiger partial charge is 0.324 e. The van der Waals surface area contributed by atoms with Gasteiger partial charge in [0.25, 0.3) is 0 Å². The highest BCUT2D eigenvalue weighted by Crippen LogP contribution is 2.48. The molecule has 0 radical (unpaired) electrons. The Kier molecular flexibility index (Phi) is 2.70. The highest BCUT2D eigenvalue weighted by molar-refractivity contribution is 5.16. The first-order chi connectivity index (χ1) is 6.96. The Morgan fingerprint density at radius 3 is 2.40 bits per heavy atom. The molecule has 1 nitrogen and oxygen atoms in total. The van der Waals surface area contributed by atoms with Gasteiger partial charge in [0.15, 0.2) is 0 Å². The maximum atomic E-state index is 6.75. The van der Waals surface area contributed by atoms with Gasteiger partial charge < -0.3 is 5.73 Å². The minimum atomic E-state index is 0.0562. The van der Waals surface area contributed by atoms with E-state index in [1.165, 1.54) is 12.8 Å². The van der Waals surface area contributed by atoms with E-state index in [-0.39, 0.29) is 5.54 Å². The van der Waals surface area contributed by atoms with Gasteiger partial charge in [-0.1, -0.05) is 39.8 Å². The number of rotatable bonds is 0. The lowest BCUT2D eigenvalue weighted by atomic mass is 9.55. The van der Waals surface area contributed by atoms with Gasteiger partial charge in [0.1, 0.15) is 0 Å². The zero-order valence-electron chi connectivity index (χ0n) is 10.5. The SMILES string of the molecule is CC1CC(C)C2(N)C(C=CC(C)C2C)C1. The predicted octanol–water partition coefficient (Wildman–Crippen LogP) is 3.21. The molecule has 0 aromatic rings. The molecule has 0 bridgehead atoms. The van der Waals surface area contributed by atoms with Crippen LogP contribution in [0, 0.1) is 29.6 Å². The van der Waals surface area contributed by atoms with Crippen molar-refractivity contribution in [1.29, 1.82) is 0 Å². The van der Waals surface area contributed by atoms with Crippen LogP contribution in [-0.4, -0.2) is 5.54 Å². The Hall–Kier alpha value is -0.300. The van der Waals surface area contributed by atoms with E-state index in [2.05, 4.69) is 39.8 Å². The monoisotopic (exact) mass is 207 g/mol. The van der Waals surface area contributed by atoms with Crippen LogP contribution in [0.15, 0.2) is 12.2 Å². The summed E-state index contributed by atoms with van der Waals surface area (Å²) in [6.07, 6.45) is 7.37. The summed E-state index contributed by atoms with van der Waals surface area (Å²) >= 11 is 0. The number of fused-ring (bicyclic) bond motifs is 1. The molecule has 0 spiro atoms. The van der Waals surface area contributed by atoms with Gasteiger partial charge in [-0.15, -0.1) is 0 Å².